The normalized spacial score (nSPS) is 11.5. The summed E-state index contributed by atoms with van der Waals surface area (Å²) in [7, 11) is 0. The van der Waals surface area contributed by atoms with Crippen molar-refractivity contribution in [3.63, 3.8) is 0 Å². The van der Waals surface area contributed by atoms with Crippen molar-refractivity contribution in [1.82, 2.24) is 0 Å². The lowest BCUT2D eigenvalue weighted by Gasteiger charge is -1.99. The van der Waals surface area contributed by atoms with Crippen LogP contribution in [0.2, 0.25) is 0 Å². The summed E-state index contributed by atoms with van der Waals surface area (Å²) in [4.78, 5) is 10.7. The Morgan fingerprint density at radius 2 is 1.94 bits per heavy atom. The zero-order valence-corrected chi connectivity index (χ0v) is 10.3. The Kier molecular flexibility index (Phi) is 6.00. The number of rotatable bonds is 7. The van der Waals surface area contributed by atoms with Gasteiger partial charge in [0.15, 0.2) is 0 Å². The third-order valence-corrected chi connectivity index (χ3v) is 2.66. The number of allylic oxidation sites excluding steroid dienone is 1. The van der Waals surface area contributed by atoms with Crippen LogP contribution < -0.4 is 0 Å². The van der Waals surface area contributed by atoms with Gasteiger partial charge in [0.05, 0.1) is 10.5 Å². The quantitative estimate of drug-likeness (QED) is 0.401. The van der Waals surface area contributed by atoms with Crippen molar-refractivity contribution < 1.29 is 4.92 Å². The molecule has 0 aromatic heterocycles. The molecule has 0 aliphatic carbocycles. The molecule has 0 atom stereocenters. The molecule has 0 saturated heterocycles. The second kappa shape index (κ2) is 7.60. The molecule has 0 radical (unpaired) electrons. The highest BCUT2D eigenvalue weighted by Crippen LogP contribution is 2.16. The molecule has 0 spiro atoms. The maximum absolute atomic E-state index is 11.0. The monoisotopic (exact) mass is 233 g/mol. The first-order valence-electron chi connectivity index (χ1n) is 6.15. The molecule has 17 heavy (non-hydrogen) atoms. The van der Waals surface area contributed by atoms with Gasteiger partial charge in [0, 0.05) is 0 Å². The molecule has 0 N–H and O–H groups in total. The van der Waals surface area contributed by atoms with Crippen molar-refractivity contribution in [2.75, 3.05) is 0 Å². The Morgan fingerprint density at radius 1 is 1.24 bits per heavy atom. The molecule has 0 bridgehead atoms. The molecule has 1 aromatic carbocycles. The van der Waals surface area contributed by atoms with Crippen LogP contribution >= 0.6 is 0 Å². The summed E-state index contributed by atoms with van der Waals surface area (Å²) in [5, 5.41) is 11.0. The molecule has 0 saturated carbocycles. The predicted octanol–water partition coefficient (Wildman–Crippen LogP) is 4.27. The molecule has 0 aliphatic rings. The van der Waals surface area contributed by atoms with E-state index in [0.29, 0.717) is 5.56 Å². The van der Waals surface area contributed by atoms with Gasteiger partial charge in [-0.15, -0.1) is 0 Å². The number of unbranched alkanes of at least 4 members (excludes halogenated alkanes) is 4. The van der Waals surface area contributed by atoms with E-state index in [0.717, 1.165) is 19.3 Å². The van der Waals surface area contributed by atoms with Gasteiger partial charge in [0.1, 0.15) is 0 Å². The average Bonchev–Trinajstić information content (AvgIpc) is 2.34. The van der Waals surface area contributed by atoms with Gasteiger partial charge in [-0.05, 0) is 31.1 Å². The Morgan fingerprint density at radius 3 is 2.53 bits per heavy atom. The molecule has 1 aromatic rings. The van der Waals surface area contributed by atoms with E-state index >= 15 is 0 Å². The van der Waals surface area contributed by atoms with Crippen LogP contribution in [-0.2, 0) is 0 Å². The van der Waals surface area contributed by atoms with E-state index in [2.05, 4.69) is 6.92 Å². The van der Waals surface area contributed by atoms with E-state index in [1.165, 1.54) is 12.8 Å². The first-order valence-corrected chi connectivity index (χ1v) is 6.15. The van der Waals surface area contributed by atoms with E-state index in [1.54, 1.807) is 18.2 Å². The lowest BCUT2D eigenvalue weighted by atomic mass is 10.1. The summed E-state index contributed by atoms with van der Waals surface area (Å²) in [5.41, 5.74) is 0.912. The number of benzene rings is 1. The molecular formula is C14H19NO2. The molecule has 0 aliphatic heterocycles. The van der Waals surface area contributed by atoms with Gasteiger partial charge in [-0.1, -0.05) is 44.4 Å². The van der Waals surface area contributed by atoms with Crippen LogP contribution in [0.25, 0.3) is 5.70 Å². The summed E-state index contributed by atoms with van der Waals surface area (Å²) in [5.74, 6) is 0. The van der Waals surface area contributed by atoms with Crippen LogP contribution in [0.4, 0.5) is 0 Å². The van der Waals surface area contributed by atoms with Gasteiger partial charge < -0.3 is 0 Å². The summed E-state index contributed by atoms with van der Waals surface area (Å²) >= 11 is 0. The minimum Gasteiger partial charge on any atom is -0.258 e. The van der Waals surface area contributed by atoms with Crippen molar-refractivity contribution in [2.24, 2.45) is 0 Å². The fourth-order valence-corrected chi connectivity index (χ4v) is 1.72. The zero-order chi connectivity index (χ0) is 12.5. The summed E-state index contributed by atoms with van der Waals surface area (Å²) in [6, 6.07) is 9.07. The van der Waals surface area contributed by atoms with Crippen molar-refractivity contribution in [1.29, 1.82) is 0 Å². The molecule has 0 unspecified atom stereocenters. The van der Waals surface area contributed by atoms with Crippen LogP contribution in [0.1, 0.15) is 44.6 Å². The van der Waals surface area contributed by atoms with Crippen LogP contribution in [0.3, 0.4) is 0 Å². The number of nitro groups is 1. The lowest BCUT2D eigenvalue weighted by Crippen LogP contribution is -1.97. The lowest BCUT2D eigenvalue weighted by molar-refractivity contribution is -0.375. The van der Waals surface area contributed by atoms with Gasteiger partial charge in [-0.3, -0.25) is 10.1 Å². The number of hydrogen-bond donors (Lipinski definition) is 0. The summed E-state index contributed by atoms with van der Waals surface area (Å²) < 4.78 is 0. The van der Waals surface area contributed by atoms with Gasteiger partial charge in [0.2, 0.25) is 0 Å². The van der Waals surface area contributed by atoms with E-state index < -0.39 is 0 Å². The largest absolute Gasteiger partial charge is 0.272 e. The second-order valence-corrected chi connectivity index (χ2v) is 4.06. The summed E-state index contributed by atoms with van der Waals surface area (Å²) in [6.45, 7) is 2.16. The Balaban J connectivity index is 2.61. The fourth-order valence-electron chi connectivity index (χ4n) is 1.72. The molecule has 0 fully saturated rings. The van der Waals surface area contributed by atoms with Crippen LogP contribution in [0.15, 0.2) is 36.4 Å². The smallest absolute Gasteiger partial charge is 0.258 e. The Bertz CT molecular complexity index is 371. The maximum Gasteiger partial charge on any atom is 0.272 e. The highest BCUT2D eigenvalue weighted by molar-refractivity contribution is 5.58. The van der Waals surface area contributed by atoms with Gasteiger partial charge in [-0.25, -0.2) is 0 Å². The van der Waals surface area contributed by atoms with Crippen LogP contribution in [0, 0.1) is 10.1 Å². The van der Waals surface area contributed by atoms with Crippen molar-refractivity contribution >= 4 is 5.70 Å². The predicted molar refractivity (Wildman–Crippen MR) is 70.2 cm³/mol. The van der Waals surface area contributed by atoms with Crippen LogP contribution in [-0.4, -0.2) is 4.92 Å². The molecule has 92 valence electrons. The van der Waals surface area contributed by atoms with Crippen molar-refractivity contribution in [3.8, 4) is 0 Å². The fraction of sp³-hybridized carbons (Fsp3) is 0.429. The maximum atomic E-state index is 11.0. The molecule has 0 heterocycles. The Hall–Kier alpha value is -1.64. The van der Waals surface area contributed by atoms with Gasteiger partial charge in [-0.2, -0.15) is 0 Å². The van der Waals surface area contributed by atoms with E-state index in [4.69, 9.17) is 0 Å². The van der Waals surface area contributed by atoms with Crippen molar-refractivity contribution in [2.45, 2.75) is 39.0 Å². The highest BCUT2D eigenvalue weighted by Gasteiger charge is 2.12. The van der Waals surface area contributed by atoms with E-state index in [-0.39, 0.29) is 10.6 Å². The topological polar surface area (TPSA) is 43.1 Å². The molecule has 0 amide bonds. The minimum absolute atomic E-state index is 0.224. The first kappa shape index (κ1) is 13.4. The van der Waals surface area contributed by atoms with Crippen LogP contribution in [0.5, 0.6) is 0 Å². The minimum atomic E-state index is -0.296. The van der Waals surface area contributed by atoms with Gasteiger partial charge >= 0.3 is 0 Å². The first-order chi connectivity index (χ1) is 8.25. The van der Waals surface area contributed by atoms with Gasteiger partial charge in [0.25, 0.3) is 5.70 Å². The third kappa shape index (κ3) is 4.81. The van der Waals surface area contributed by atoms with Crippen molar-refractivity contribution in [3.05, 3.63) is 52.1 Å². The molecule has 1 rings (SSSR count). The number of nitrogens with zero attached hydrogens (tertiary/aromatic N) is 1. The standard InChI is InChI=1S/C14H19NO2/c1-2-3-4-5-9-12-14(15(16)17)13-10-7-6-8-11-13/h6-8,10-12H,2-5,9H2,1H3/b14-12+. The zero-order valence-electron chi connectivity index (χ0n) is 10.3. The number of hydrogen-bond acceptors (Lipinski definition) is 2. The average molecular weight is 233 g/mol. The Labute approximate surface area is 102 Å². The molecule has 3 heteroatoms. The SMILES string of the molecule is CCCCCC/C=C(\c1ccccc1)[N+](=O)[O-]. The second-order valence-electron chi connectivity index (χ2n) is 4.06. The van der Waals surface area contributed by atoms with E-state index in [9.17, 15) is 10.1 Å². The summed E-state index contributed by atoms with van der Waals surface area (Å²) in [6.07, 6.45) is 7.08. The third-order valence-electron chi connectivity index (χ3n) is 2.66. The highest BCUT2D eigenvalue weighted by atomic mass is 16.6. The molecule has 3 nitrogen and oxygen atoms in total. The molecular weight excluding hydrogens is 214 g/mol. The van der Waals surface area contributed by atoms with E-state index in [1.807, 2.05) is 18.2 Å².